The molecule has 0 saturated carbocycles. The molecule has 3 N–H and O–H groups in total. The van der Waals surface area contributed by atoms with Crippen LogP contribution in [0.25, 0.3) is 0 Å². The van der Waals surface area contributed by atoms with E-state index in [4.69, 9.17) is 9.47 Å². The molecule has 0 heterocycles. The van der Waals surface area contributed by atoms with Gasteiger partial charge >= 0.3 is 11.8 Å². The first-order chi connectivity index (χ1) is 12.0. The minimum absolute atomic E-state index is 0.0302. The Kier molecular flexibility index (Phi) is 8.66. The standard InChI is InChI=1S/C16H22N4O5/c1-11(19-20-16(23)15(22)17-8-9-24-2)10-14(21)18-12-4-6-13(25-3)7-5-12/h4-7H,8-10H2,1-3H3,(H,17,22)(H,18,21)(H,20,23)/b19-11-. The van der Waals surface area contributed by atoms with Crippen molar-refractivity contribution in [1.82, 2.24) is 10.7 Å². The molecule has 0 aliphatic heterocycles. The number of rotatable bonds is 8. The van der Waals surface area contributed by atoms with Crippen molar-refractivity contribution in [2.24, 2.45) is 5.10 Å². The van der Waals surface area contributed by atoms with Crippen molar-refractivity contribution >= 4 is 29.1 Å². The van der Waals surface area contributed by atoms with E-state index in [1.54, 1.807) is 38.3 Å². The van der Waals surface area contributed by atoms with Gasteiger partial charge in [-0.15, -0.1) is 0 Å². The van der Waals surface area contributed by atoms with E-state index in [9.17, 15) is 14.4 Å². The normalized spacial score (nSPS) is 10.8. The van der Waals surface area contributed by atoms with Gasteiger partial charge in [0, 0.05) is 25.1 Å². The van der Waals surface area contributed by atoms with Crippen molar-refractivity contribution < 1.29 is 23.9 Å². The lowest BCUT2D eigenvalue weighted by molar-refractivity contribution is -0.139. The zero-order chi connectivity index (χ0) is 18.7. The predicted molar refractivity (Wildman–Crippen MR) is 92.4 cm³/mol. The van der Waals surface area contributed by atoms with Crippen LogP contribution in [0.15, 0.2) is 29.4 Å². The number of hydrogen-bond acceptors (Lipinski definition) is 6. The highest BCUT2D eigenvalue weighted by Crippen LogP contribution is 2.15. The van der Waals surface area contributed by atoms with Gasteiger partial charge in [-0.25, -0.2) is 5.43 Å². The van der Waals surface area contributed by atoms with Gasteiger partial charge in [0.05, 0.1) is 20.1 Å². The second-order valence-electron chi connectivity index (χ2n) is 4.99. The molecule has 9 heteroatoms. The Morgan fingerprint density at radius 1 is 1.08 bits per heavy atom. The lowest BCUT2D eigenvalue weighted by atomic mass is 10.2. The van der Waals surface area contributed by atoms with Crippen LogP contribution in [0.2, 0.25) is 0 Å². The molecule has 9 nitrogen and oxygen atoms in total. The molecule has 3 amide bonds. The summed E-state index contributed by atoms with van der Waals surface area (Å²) in [5.74, 6) is -1.35. The van der Waals surface area contributed by atoms with E-state index in [1.165, 1.54) is 7.11 Å². The maximum atomic E-state index is 11.9. The smallest absolute Gasteiger partial charge is 0.329 e. The largest absolute Gasteiger partial charge is 0.497 e. The molecular weight excluding hydrogens is 328 g/mol. The second-order valence-corrected chi connectivity index (χ2v) is 4.99. The molecule has 136 valence electrons. The van der Waals surface area contributed by atoms with Gasteiger partial charge in [-0.2, -0.15) is 5.10 Å². The minimum Gasteiger partial charge on any atom is -0.497 e. The SMILES string of the molecule is COCCNC(=O)C(=O)N/N=C(/C)CC(=O)Nc1ccc(OC)cc1. The molecule has 25 heavy (non-hydrogen) atoms. The molecule has 0 atom stereocenters. The zero-order valence-electron chi connectivity index (χ0n) is 14.4. The molecule has 0 aliphatic carbocycles. The van der Waals surface area contributed by atoms with Crippen molar-refractivity contribution in [2.45, 2.75) is 13.3 Å². The second kappa shape index (κ2) is 10.8. The third kappa shape index (κ3) is 7.93. The van der Waals surface area contributed by atoms with Gasteiger partial charge < -0.3 is 20.1 Å². The van der Waals surface area contributed by atoms with E-state index in [2.05, 4.69) is 21.2 Å². The first kappa shape index (κ1) is 20.1. The number of benzene rings is 1. The first-order valence-corrected chi connectivity index (χ1v) is 7.50. The number of hydrazone groups is 1. The van der Waals surface area contributed by atoms with E-state index in [-0.39, 0.29) is 18.9 Å². The molecule has 0 spiro atoms. The Labute approximate surface area is 145 Å². The third-order valence-corrected chi connectivity index (χ3v) is 2.94. The molecule has 0 saturated heterocycles. The van der Waals surface area contributed by atoms with Gasteiger partial charge in [-0.1, -0.05) is 0 Å². The zero-order valence-corrected chi connectivity index (χ0v) is 14.4. The summed E-state index contributed by atoms with van der Waals surface area (Å²) < 4.78 is 9.78. The van der Waals surface area contributed by atoms with Crippen LogP contribution in [0.3, 0.4) is 0 Å². The molecule has 0 radical (unpaired) electrons. The lowest BCUT2D eigenvalue weighted by Gasteiger charge is -2.06. The summed E-state index contributed by atoms with van der Waals surface area (Å²) in [5, 5.41) is 8.77. The Morgan fingerprint density at radius 3 is 2.36 bits per heavy atom. The van der Waals surface area contributed by atoms with Crippen LogP contribution in [0.4, 0.5) is 5.69 Å². The van der Waals surface area contributed by atoms with Gasteiger partial charge in [0.1, 0.15) is 5.75 Å². The Hall–Kier alpha value is -2.94. The molecule has 1 aromatic rings. The molecule has 0 aromatic heterocycles. The Morgan fingerprint density at radius 2 is 1.76 bits per heavy atom. The number of nitrogens with one attached hydrogen (secondary N) is 3. The summed E-state index contributed by atoms with van der Waals surface area (Å²) in [6.45, 7) is 2.08. The van der Waals surface area contributed by atoms with Gasteiger partial charge in [-0.3, -0.25) is 14.4 Å². The van der Waals surface area contributed by atoms with Crippen LogP contribution in [0.1, 0.15) is 13.3 Å². The van der Waals surface area contributed by atoms with Crippen molar-refractivity contribution in [1.29, 1.82) is 0 Å². The number of nitrogens with zero attached hydrogens (tertiary/aromatic N) is 1. The Bertz CT molecular complexity index is 628. The summed E-state index contributed by atoms with van der Waals surface area (Å²) >= 11 is 0. The van der Waals surface area contributed by atoms with E-state index >= 15 is 0 Å². The van der Waals surface area contributed by atoms with E-state index in [1.807, 2.05) is 0 Å². The van der Waals surface area contributed by atoms with Crippen LogP contribution in [-0.4, -0.2) is 50.8 Å². The molecule has 0 unspecified atom stereocenters. The highest BCUT2D eigenvalue weighted by atomic mass is 16.5. The number of anilines is 1. The first-order valence-electron chi connectivity index (χ1n) is 7.50. The predicted octanol–water partition coefficient (Wildman–Crippen LogP) is 0.279. The molecule has 1 aromatic carbocycles. The summed E-state index contributed by atoms with van der Waals surface area (Å²) in [6.07, 6.45) is -0.0302. The van der Waals surface area contributed by atoms with Crippen molar-refractivity contribution in [3.05, 3.63) is 24.3 Å². The van der Waals surface area contributed by atoms with E-state index in [0.717, 1.165) is 0 Å². The van der Waals surface area contributed by atoms with Crippen molar-refractivity contribution in [2.75, 3.05) is 32.7 Å². The maximum Gasteiger partial charge on any atom is 0.329 e. The monoisotopic (exact) mass is 350 g/mol. The van der Waals surface area contributed by atoms with Crippen LogP contribution >= 0.6 is 0 Å². The van der Waals surface area contributed by atoms with Crippen molar-refractivity contribution in [3.8, 4) is 5.75 Å². The molecule has 0 fully saturated rings. The van der Waals surface area contributed by atoms with Gasteiger partial charge in [0.2, 0.25) is 5.91 Å². The lowest BCUT2D eigenvalue weighted by Crippen LogP contribution is -2.39. The fourth-order valence-corrected chi connectivity index (χ4v) is 1.70. The van der Waals surface area contributed by atoms with Crippen LogP contribution in [0.5, 0.6) is 5.75 Å². The molecule has 0 aliphatic rings. The number of methoxy groups -OCH3 is 2. The molecular formula is C16H22N4O5. The quantitative estimate of drug-likeness (QED) is 0.269. The van der Waals surface area contributed by atoms with E-state index < -0.39 is 11.8 Å². The summed E-state index contributed by atoms with van der Waals surface area (Å²) in [5.41, 5.74) is 3.06. The topological polar surface area (TPSA) is 118 Å². The molecule has 1 rings (SSSR count). The van der Waals surface area contributed by atoms with E-state index in [0.29, 0.717) is 23.8 Å². The number of amides is 3. The molecule has 0 bridgehead atoms. The highest BCUT2D eigenvalue weighted by Gasteiger charge is 2.12. The van der Waals surface area contributed by atoms with Crippen molar-refractivity contribution in [3.63, 3.8) is 0 Å². The average Bonchev–Trinajstić information content (AvgIpc) is 2.60. The number of hydrogen-bond donors (Lipinski definition) is 3. The van der Waals surface area contributed by atoms with Gasteiger partial charge in [0.15, 0.2) is 0 Å². The number of ether oxygens (including phenoxy) is 2. The fraction of sp³-hybridized carbons (Fsp3) is 0.375. The number of carbonyl (C=O) groups excluding carboxylic acids is 3. The van der Waals surface area contributed by atoms with Gasteiger partial charge in [-0.05, 0) is 31.2 Å². The summed E-state index contributed by atoms with van der Waals surface area (Å²) in [7, 11) is 3.04. The van der Waals surface area contributed by atoms with Crippen LogP contribution in [0, 0.1) is 0 Å². The van der Waals surface area contributed by atoms with Crippen LogP contribution < -0.4 is 20.8 Å². The maximum absolute atomic E-state index is 11.9. The Balaban J connectivity index is 2.41. The average molecular weight is 350 g/mol. The van der Waals surface area contributed by atoms with Gasteiger partial charge in [0.25, 0.3) is 0 Å². The highest BCUT2D eigenvalue weighted by molar-refractivity contribution is 6.35. The summed E-state index contributed by atoms with van der Waals surface area (Å²) in [4.78, 5) is 34.8. The fourth-order valence-electron chi connectivity index (χ4n) is 1.70. The van der Waals surface area contributed by atoms with Crippen LogP contribution in [-0.2, 0) is 19.1 Å². The third-order valence-electron chi connectivity index (χ3n) is 2.94. The minimum atomic E-state index is -0.911. The number of carbonyl (C=O) groups is 3. The summed E-state index contributed by atoms with van der Waals surface area (Å²) in [6, 6.07) is 6.85.